The highest BCUT2D eigenvalue weighted by Gasteiger charge is 2.20. The first-order chi connectivity index (χ1) is 9.56. The van der Waals surface area contributed by atoms with Crippen LogP contribution in [0, 0.1) is 3.57 Å². The lowest BCUT2D eigenvalue weighted by atomic mass is 10.1. The van der Waals surface area contributed by atoms with E-state index in [1.165, 1.54) is 0 Å². The first-order valence-corrected chi connectivity index (χ1v) is 8.13. The zero-order valence-corrected chi connectivity index (χ0v) is 14.7. The highest BCUT2D eigenvalue weighted by Crippen LogP contribution is 2.33. The van der Waals surface area contributed by atoms with Crippen molar-refractivity contribution in [3.8, 4) is 11.5 Å². The smallest absolute Gasteiger partial charge is 0.171 e. The SMILES string of the molecule is CCN1CCN(C(=S)c2cc(I)c(O)c(OC)c2)CC1. The molecule has 0 spiro atoms. The van der Waals surface area contributed by atoms with Gasteiger partial charge in [-0.1, -0.05) is 19.1 Å². The predicted molar refractivity (Wildman–Crippen MR) is 92.8 cm³/mol. The number of halogens is 1. The van der Waals surface area contributed by atoms with Gasteiger partial charge in [-0.25, -0.2) is 0 Å². The summed E-state index contributed by atoms with van der Waals surface area (Å²) in [4.78, 5) is 5.47. The Kier molecular flexibility index (Phi) is 5.45. The van der Waals surface area contributed by atoms with E-state index in [-0.39, 0.29) is 5.75 Å². The number of methoxy groups -OCH3 is 1. The van der Waals surface area contributed by atoms with E-state index in [1.807, 2.05) is 12.1 Å². The van der Waals surface area contributed by atoms with Crippen LogP contribution in [0.5, 0.6) is 11.5 Å². The maximum absolute atomic E-state index is 9.88. The van der Waals surface area contributed by atoms with E-state index in [0.717, 1.165) is 46.8 Å². The lowest BCUT2D eigenvalue weighted by molar-refractivity contribution is 0.192. The van der Waals surface area contributed by atoms with Gasteiger partial charge in [-0.3, -0.25) is 0 Å². The second-order valence-electron chi connectivity index (χ2n) is 4.74. The first kappa shape index (κ1) is 15.8. The highest BCUT2D eigenvalue weighted by molar-refractivity contribution is 14.1. The summed E-state index contributed by atoms with van der Waals surface area (Å²) in [5.41, 5.74) is 0.934. The Hall–Kier alpha value is -0.600. The number of benzene rings is 1. The Morgan fingerprint density at radius 1 is 1.35 bits per heavy atom. The summed E-state index contributed by atoms with van der Waals surface area (Å²) in [6.45, 7) is 7.26. The fraction of sp³-hybridized carbons (Fsp3) is 0.500. The molecule has 1 aromatic rings. The van der Waals surface area contributed by atoms with Gasteiger partial charge in [-0.05, 0) is 41.3 Å². The number of phenols is 1. The summed E-state index contributed by atoms with van der Waals surface area (Å²) in [6.07, 6.45) is 0. The minimum Gasteiger partial charge on any atom is -0.504 e. The summed E-state index contributed by atoms with van der Waals surface area (Å²) < 4.78 is 5.95. The van der Waals surface area contributed by atoms with Gasteiger partial charge in [-0.2, -0.15) is 0 Å². The van der Waals surface area contributed by atoms with Gasteiger partial charge in [0.25, 0.3) is 0 Å². The number of rotatable bonds is 3. The van der Waals surface area contributed by atoms with Gasteiger partial charge in [0.1, 0.15) is 4.99 Å². The Balaban J connectivity index is 2.15. The van der Waals surface area contributed by atoms with Crippen LogP contribution in [0.15, 0.2) is 12.1 Å². The van der Waals surface area contributed by atoms with Gasteiger partial charge in [0.15, 0.2) is 11.5 Å². The van der Waals surface area contributed by atoms with Crippen LogP contribution in [0.2, 0.25) is 0 Å². The Labute approximate surface area is 138 Å². The van der Waals surface area contributed by atoms with Crippen LogP contribution in [0.4, 0.5) is 0 Å². The molecule has 1 fully saturated rings. The molecule has 1 N–H and O–H groups in total. The molecule has 0 amide bonds. The van der Waals surface area contributed by atoms with Crippen LogP contribution in [-0.2, 0) is 0 Å². The van der Waals surface area contributed by atoms with Crippen LogP contribution in [0.1, 0.15) is 12.5 Å². The minimum absolute atomic E-state index is 0.176. The molecule has 0 bridgehead atoms. The molecule has 20 heavy (non-hydrogen) atoms. The number of phenolic OH excluding ortho intramolecular Hbond substituents is 1. The summed E-state index contributed by atoms with van der Waals surface area (Å²) in [5, 5.41) is 9.88. The lowest BCUT2D eigenvalue weighted by Crippen LogP contribution is -2.48. The van der Waals surface area contributed by atoms with E-state index in [2.05, 4.69) is 39.3 Å². The van der Waals surface area contributed by atoms with Crippen molar-refractivity contribution in [1.82, 2.24) is 9.80 Å². The Bertz CT molecular complexity index is 502. The van der Waals surface area contributed by atoms with Crippen LogP contribution in [0.3, 0.4) is 0 Å². The molecule has 0 aliphatic carbocycles. The lowest BCUT2D eigenvalue weighted by Gasteiger charge is -2.35. The number of hydrogen-bond acceptors (Lipinski definition) is 4. The third-order valence-electron chi connectivity index (χ3n) is 3.60. The van der Waals surface area contributed by atoms with E-state index in [1.54, 1.807) is 7.11 Å². The first-order valence-electron chi connectivity index (χ1n) is 6.65. The maximum atomic E-state index is 9.88. The maximum Gasteiger partial charge on any atom is 0.171 e. The van der Waals surface area contributed by atoms with E-state index in [4.69, 9.17) is 17.0 Å². The Morgan fingerprint density at radius 3 is 2.55 bits per heavy atom. The van der Waals surface area contributed by atoms with Gasteiger partial charge >= 0.3 is 0 Å². The molecule has 0 aromatic heterocycles. The van der Waals surface area contributed by atoms with Crippen molar-refractivity contribution in [2.45, 2.75) is 6.92 Å². The fourth-order valence-electron chi connectivity index (χ4n) is 2.30. The standard InChI is InChI=1S/C14H19IN2O2S/c1-3-16-4-6-17(7-5-16)14(20)10-8-11(15)13(18)12(9-10)19-2/h8-9,18H,3-7H2,1-2H3. The normalized spacial score (nSPS) is 16.2. The molecule has 1 aliphatic rings. The minimum atomic E-state index is 0.176. The monoisotopic (exact) mass is 406 g/mol. The molecule has 1 aliphatic heterocycles. The molecule has 0 unspecified atom stereocenters. The van der Waals surface area contributed by atoms with Crippen molar-refractivity contribution in [2.24, 2.45) is 0 Å². The number of nitrogens with zero attached hydrogens (tertiary/aromatic N) is 2. The third-order valence-corrected chi connectivity index (χ3v) is 4.92. The molecule has 2 rings (SSSR count). The molecular weight excluding hydrogens is 387 g/mol. The van der Waals surface area contributed by atoms with Gasteiger partial charge < -0.3 is 19.6 Å². The van der Waals surface area contributed by atoms with Gasteiger partial charge in [-0.15, -0.1) is 0 Å². The topological polar surface area (TPSA) is 35.9 Å². The molecule has 4 nitrogen and oxygen atoms in total. The van der Waals surface area contributed by atoms with Crippen molar-refractivity contribution in [3.05, 3.63) is 21.3 Å². The van der Waals surface area contributed by atoms with Gasteiger partial charge in [0.2, 0.25) is 0 Å². The molecule has 6 heteroatoms. The molecule has 0 atom stereocenters. The summed E-state index contributed by atoms with van der Waals surface area (Å²) in [7, 11) is 1.55. The summed E-state index contributed by atoms with van der Waals surface area (Å²) in [5.74, 6) is 0.650. The number of likely N-dealkylation sites (N-methyl/N-ethyl adjacent to an activating group) is 1. The Morgan fingerprint density at radius 2 is 2.00 bits per heavy atom. The van der Waals surface area contributed by atoms with Crippen LogP contribution >= 0.6 is 34.8 Å². The second kappa shape index (κ2) is 6.91. The molecule has 110 valence electrons. The number of ether oxygens (including phenoxy) is 1. The van der Waals surface area contributed by atoms with Gasteiger partial charge in [0.05, 0.1) is 10.7 Å². The largest absolute Gasteiger partial charge is 0.504 e. The zero-order valence-electron chi connectivity index (χ0n) is 11.7. The van der Waals surface area contributed by atoms with E-state index in [9.17, 15) is 5.11 Å². The van der Waals surface area contributed by atoms with Gasteiger partial charge in [0, 0.05) is 31.7 Å². The number of piperazine rings is 1. The van der Waals surface area contributed by atoms with E-state index in [0.29, 0.717) is 5.75 Å². The van der Waals surface area contributed by atoms with E-state index < -0.39 is 0 Å². The zero-order chi connectivity index (χ0) is 14.7. The average molecular weight is 406 g/mol. The number of hydrogen-bond donors (Lipinski definition) is 1. The van der Waals surface area contributed by atoms with Crippen LogP contribution in [-0.4, -0.2) is 59.7 Å². The van der Waals surface area contributed by atoms with E-state index >= 15 is 0 Å². The molecular formula is C14H19IN2O2S. The summed E-state index contributed by atoms with van der Waals surface area (Å²) >= 11 is 7.69. The number of aromatic hydroxyl groups is 1. The van der Waals surface area contributed by atoms with Crippen LogP contribution in [0.25, 0.3) is 0 Å². The molecule has 1 aromatic carbocycles. The quantitative estimate of drug-likeness (QED) is 0.616. The summed E-state index contributed by atoms with van der Waals surface area (Å²) in [6, 6.07) is 3.72. The second-order valence-corrected chi connectivity index (χ2v) is 6.28. The fourth-order valence-corrected chi connectivity index (χ4v) is 3.20. The predicted octanol–water partition coefficient (Wildman–Crippen LogP) is 2.32. The van der Waals surface area contributed by atoms with Crippen LogP contribution < -0.4 is 4.74 Å². The van der Waals surface area contributed by atoms with Crippen molar-refractivity contribution in [1.29, 1.82) is 0 Å². The molecule has 1 heterocycles. The molecule has 1 saturated heterocycles. The van der Waals surface area contributed by atoms with Crippen molar-refractivity contribution in [3.63, 3.8) is 0 Å². The van der Waals surface area contributed by atoms with Crippen molar-refractivity contribution in [2.75, 3.05) is 39.8 Å². The van der Waals surface area contributed by atoms with Crippen molar-refractivity contribution < 1.29 is 9.84 Å². The molecule has 0 saturated carbocycles. The third kappa shape index (κ3) is 3.35. The number of thiocarbonyl (C=S) groups is 1. The average Bonchev–Trinajstić information content (AvgIpc) is 2.49. The molecule has 0 radical (unpaired) electrons. The van der Waals surface area contributed by atoms with Crippen molar-refractivity contribution >= 4 is 39.8 Å². The highest BCUT2D eigenvalue weighted by atomic mass is 127.